The number of Topliss-reactive ketones (excluding diaryl/α,β-unsaturated/α-hetero) is 1. The van der Waals surface area contributed by atoms with Crippen molar-refractivity contribution in [2.24, 2.45) is 16.7 Å². The number of ether oxygens (including phenoxy) is 13. The zero-order chi connectivity index (χ0) is 54.9. The summed E-state index contributed by atoms with van der Waals surface area (Å²) in [4.78, 5) is 27.1. The van der Waals surface area contributed by atoms with Crippen molar-refractivity contribution in [3.8, 4) is 5.75 Å². The first-order valence-corrected chi connectivity index (χ1v) is 27.4. The van der Waals surface area contributed by atoms with Gasteiger partial charge in [-0.15, -0.1) is 0 Å². The predicted octanol–water partition coefficient (Wildman–Crippen LogP) is 4.54. The van der Waals surface area contributed by atoms with E-state index in [0.29, 0.717) is 44.9 Å². The third-order valence-electron chi connectivity index (χ3n) is 19.5. The smallest absolute Gasteiger partial charge is 0.338 e. The molecule has 24 unspecified atom stereocenters. The molecule has 0 radical (unpaired) electrons. The first-order chi connectivity index (χ1) is 36.0. The van der Waals surface area contributed by atoms with Crippen molar-refractivity contribution in [2.75, 3.05) is 28.4 Å². The predicted molar refractivity (Wildman–Crippen MR) is 267 cm³/mol. The number of phenolic OH excluding ortho intramolecular Hbond substituents is 1. The van der Waals surface area contributed by atoms with Gasteiger partial charge in [0.1, 0.15) is 53.1 Å². The highest BCUT2D eigenvalue weighted by Gasteiger charge is 2.81. The Morgan fingerprint density at radius 2 is 1.11 bits per heavy atom. The van der Waals surface area contributed by atoms with E-state index in [0.717, 1.165) is 5.57 Å². The summed E-state index contributed by atoms with van der Waals surface area (Å²) in [6, 6.07) is 5.59. The molecule has 1 aromatic carbocycles. The van der Waals surface area contributed by atoms with Crippen molar-refractivity contribution < 1.29 is 96.7 Å². The molecule has 428 valence electrons. The molecule has 4 heterocycles. The number of benzene rings is 1. The number of aliphatic hydroxyl groups is 4. The highest BCUT2D eigenvalue weighted by atomic mass is 16.8. The Balaban J connectivity index is 0.812. The Labute approximate surface area is 446 Å². The van der Waals surface area contributed by atoms with Gasteiger partial charge in [-0.3, -0.25) is 4.79 Å². The number of methoxy groups -OCH3 is 4. The monoisotopic (exact) mass is 1080 g/mol. The fourth-order valence-electron chi connectivity index (χ4n) is 14.9. The normalized spacial score (nSPS) is 48.5. The van der Waals surface area contributed by atoms with E-state index < -0.39 is 144 Å². The lowest BCUT2D eigenvalue weighted by Gasteiger charge is -2.67. The van der Waals surface area contributed by atoms with E-state index in [1.165, 1.54) is 31.2 Å². The molecule has 20 heteroatoms. The summed E-state index contributed by atoms with van der Waals surface area (Å²) in [6.45, 7) is 12.4. The van der Waals surface area contributed by atoms with Crippen LogP contribution < -0.4 is 0 Å². The quantitative estimate of drug-likeness (QED) is 0.119. The van der Waals surface area contributed by atoms with Gasteiger partial charge in [-0.05, 0) is 116 Å². The van der Waals surface area contributed by atoms with Crippen LogP contribution in [0.15, 0.2) is 35.9 Å². The zero-order valence-corrected chi connectivity index (χ0v) is 46.0. The maximum atomic E-state index is 13.8. The molecule has 24 atom stereocenters. The number of phenols is 1. The summed E-state index contributed by atoms with van der Waals surface area (Å²) in [5.41, 5.74) is -7.08. The molecular weight excluding hydrogens is 993 g/mol. The van der Waals surface area contributed by atoms with E-state index in [2.05, 4.69) is 6.92 Å². The molecule has 7 fully saturated rings. The number of carbonyl (C=O) groups is 2. The SMILES string of the molecule is COC1CC(OC2C(C)OC(OC3C(C)OC(OC4C(C)OC(OC5CCC6(C)C(=CCC7(O)C6CC(OC(=O)c6ccc(O)cc6)C6(C)C(O)(C(C)=O)CCC76O)C5)CC4OC)CC3OC)CC2OC)OC(C)C1O. The van der Waals surface area contributed by atoms with Crippen LogP contribution in [0.4, 0.5) is 0 Å². The molecule has 0 bridgehead atoms. The topological polar surface area (TPSA) is 255 Å². The number of hydrogen-bond donors (Lipinski definition) is 5. The van der Waals surface area contributed by atoms with Crippen LogP contribution in [0.2, 0.25) is 0 Å². The minimum Gasteiger partial charge on any atom is -0.508 e. The second-order valence-corrected chi connectivity index (χ2v) is 23.4. The third kappa shape index (κ3) is 10.0. The maximum Gasteiger partial charge on any atom is 0.338 e. The van der Waals surface area contributed by atoms with Crippen LogP contribution in [0.1, 0.15) is 129 Å². The van der Waals surface area contributed by atoms with Crippen molar-refractivity contribution in [1.82, 2.24) is 0 Å². The van der Waals surface area contributed by atoms with Gasteiger partial charge in [-0.2, -0.15) is 0 Å². The molecule has 5 N–H and O–H groups in total. The molecule has 20 nitrogen and oxygen atoms in total. The average Bonchev–Trinajstić information content (AvgIpc) is 3.85. The van der Waals surface area contributed by atoms with Crippen LogP contribution in [0.25, 0.3) is 0 Å². The molecular formula is C56H84O20. The number of aromatic hydroxyl groups is 1. The van der Waals surface area contributed by atoms with E-state index >= 15 is 0 Å². The molecule has 1 aromatic rings. The summed E-state index contributed by atoms with van der Waals surface area (Å²) in [7, 11) is 6.46. The van der Waals surface area contributed by atoms with E-state index in [9.17, 15) is 35.1 Å². The lowest BCUT2D eigenvalue weighted by Crippen LogP contribution is -2.78. The maximum absolute atomic E-state index is 13.8. The van der Waals surface area contributed by atoms with Crippen LogP contribution in [0, 0.1) is 16.7 Å². The summed E-state index contributed by atoms with van der Waals surface area (Å²) in [5.74, 6) is -1.96. The van der Waals surface area contributed by atoms with Crippen molar-refractivity contribution in [3.05, 3.63) is 41.5 Å². The Kier molecular flexibility index (Phi) is 17.0. The van der Waals surface area contributed by atoms with Crippen molar-refractivity contribution in [3.63, 3.8) is 0 Å². The molecule has 76 heavy (non-hydrogen) atoms. The van der Waals surface area contributed by atoms with E-state index in [4.69, 9.17) is 61.6 Å². The van der Waals surface area contributed by atoms with Crippen molar-refractivity contribution in [1.29, 1.82) is 0 Å². The first-order valence-electron chi connectivity index (χ1n) is 27.4. The van der Waals surface area contributed by atoms with Gasteiger partial charge in [-0.1, -0.05) is 18.6 Å². The van der Waals surface area contributed by atoms with Gasteiger partial charge in [0.2, 0.25) is 0 Å². The molecule has 4 aliphatic heterocycles. The Hall–Kier alpha value is -2.74. The zero-order valence-electron chi connectivity index (χ0n) is 46.0. The van der Waals surface area contributed by atoms with E-state index in [-0.39, 0.29) is 49.2 Å². The second-order valence-electron chi connectivity index (χ2n) is 23.4. The highest BCUT2D eigenvalue weighted by Crippen LogP contribution is 2.71. The molecule has 0 spiro atoms. The molecule has 9 rings (SSSR count). The van der Waals surface area contributed by atoms with Crippen LogP contribution in [0.5, 0.6) is 5.75 Å². The van der Waals surface area contributed by atoms with Gasteiger partial charge in [0.15, 0.2) is 30.9 Å². The van der Waals surface area contributed by atoms with Gasteiger partial charge in [0.05, 0.1) is 65.9 Å². The number of ketones is 1. The second kappa shape index (κ2) is 22.3. The Morgan fingerprint density at radius 1 is 0.632 bits per heavy atom. The molecule has 3 saturated carbocycles. The highest BCUT2D eigenvalue weighted by molar-refractivity contribution is 5.90. The molecule has 8 aliphatic rings. The summed E-state index contributed by atoms with van der Waals surface area (Å²) < 4.78 is 81.5. The Morgan fingerprint density at radius 3 is 1.59 bits per heavy atom. The molecule has 0 amide bonds. The largest absolute Gasteiger partial charge is 0.508 e. The minimum atomic E-state index is -2.08. The van der Waals surface area contributed by atoms with Gasteiger partial charge >= 0.3 is 5.97 Å². The van der Waals surface area contributed by atoms with Crippen LogP contribution >= 0.6 is 0 Å². The number of rotatable bonds is 15. The molecule has 0 aromatic heterocycles. The number of aliphatic hydroxyl groups excluding tert-OH is 1. The van der Waals surface area contributed by atoms with Crippen molar-refractivity contribution >= 4 is 11.8 Å². The van der Waals surface area contributed by atoms with Gasteiger partial charge in [0, 0.05) is 60.0 Å². The van der Waals surface area contributed by atoms with Crippen LogP contribution in [-0.4, -0.2) is 193 Å². The van der Waals surface area contributed by atoms with E-state index in [1.54, 1.807) is 42.3 Å². The number of hydrogen-bond acceptors (Lipinski definition) is 20. The molecule has 4 aliphatic carbocycles. The van der Waals surface area contributed by atoms with Gasteiger partial charge in [-0.25, -0.2) is 4.79 Å². The standard InChI is InChI=1S/C56H84O20/c1-28-47(59)37(64-8)23-44(68-28)74-49-30(3)70-46(25-39(49)66-10)76-50-31(4)71-45(26-40(50)67-11)75-48-29(2)69-43(24-38(48)65-9)72-36-17-18-52(6)34(22-36)16-19-55(62)41(52)27-42(73-51(60)33-12-14-35(58)15-13-33)53(7)54(61,32(5)57)20-21-56(53,55)63/h12-16,28-31,36-50,58-59,61-63H,17-27H2,1-11H3. The van der Waals surface area contributed by atoms with Gasteiger partial charge in [0.25, 0.3) is 0 Å². The number of esters is 1. The Bertz CT molecular complexity index is 2230. The van der Waals surface area contributed by atoms with Crippen molar-refractivity contribution in [2.45, 2.75) is 247 Å². The average molecular weight is 1080 g/mol. The van der Waals surface area contributed by atoms with Crippen LogP contribution in [-0.2, 0) is 66.4 Å². The minimum absolute atomic E-state index is 0.0308. The first kappa shape index (κ1) is 57.9. The fraction of sp³-hybridized carbons (Fsp3) is 0.821. The summed E-state index contributed by atoms with van der Waals surface area (Å²) in [6.07, 6.45) is -4.55. The lowest BCUT2D eigenvalue weighted by atomic mass is 9.42. The summed E-state index contributed by atoms with van der Waals surface area (Å²) >= 11 is 0. The number of carbonyl (C=O) groups excluding carboxylic acids is 2. The molecule has 4 saturated heterocycles. The number of fused-ring (bicyclic) bond motifs is 5. The fourth-order valence-corrected chi connectivity index (χ4v) is 14.9. The third-order valence-corrected chi connectivity index (χ3v) is 19.5. The van der Waals surface area contributed by atoms with E-state index in [1.807, 2.05) is 26.8 Å². The van der Waals surface area contributed by atoms with Gasteiger partial charge < -0.3 is 87.1 Å². The lowest BCUT2D eigenvalue weighted by molar-refractivity contribution is -0.347. The summed E-state index contributed by atoms with van der Waals surface area (Å²) in [5, 5.41) is 58.4. The van der Waals surface area contributed by atoms with Crippen LogP contribution in [0.3, 0.4) is 0 Å².